The van der Waals surface area contributed by atoms with Crippen LogP contribution in [0, 0.1) is 5.92 Å². The summed E-state index contributed by atoms with van der Waals surface area (Å²) in [5, 5.41) is 9.86. The van der Waals surface area contributed by atoms with Crippen molar-refractivity contribution in [2.75, 3.05) is 20.1 Å². The van der Waals surface area contributed by atoms with Crippen LogP contribution in [0.4, 0.5) is 0 Å². The molecule has 1 aliphatic heterocycles. The Morgan fingerprint density at radius 1 is 1.35 bits per heavy atom. The second kappa shape index (κ2) is 6.22. The van der Waals surface area contributed by atoms with Crippen molar-refractivity contribution in [3.8, 4) is 0 Å². The van der Waals surface area contributed by atoms with Crippen molar-refractivity contribution in [1.82, 2.24) is 8.61 Å². The molecule has 20 heavy (non-hydrogen) atoms. The van der Waals surface area contributed by atoms with Crippen molar-refractivity contribution in [2.24, 2.45) is 5.92 Å². The van der Waals surface area contributed by atoms with Gasteiger partial charge in [0.15, 0.2) is 0 Å². The Hall–Kier alpha value is -0.950. The number of aliphatic hydroxyl groups excluding tert-OH is 1. The topological polar surface area (TPSA) is 60.9 Å². The SMILES string of the molecule is CC1CCN(S(=O)(=O)N(C)Cc2ccccc2)CC1O. The third-order valence-corrected chi connectivity index (χ3v) is 5.75. The van der Waals surface area contributed by atoms with Gasteiger partial charge < -0.3 is 5.11 Å². The van der Waals surface area contributed by atoms with Crippen molar-refractivity contribution in [3.05, 3.63) is 35.9 Å². The molecule has 1 aliphatic rings. The molecule has 1 aromatic rings. The standard InChI is InChI=1S/C14H22N2O3S/c1-12-8-9-16(11-14(12)17)20(18,19)15(2)10-13-6-4-3-5-7-13/h3-7,12,14,17H,8-11H2,1-2H3. The number of aliphatic hydroxyl groups is 1. The molecule has 0 bridgehead atoms. The molecule has 6 heteroatoms. The van der Waals surface area contributed by atoms with E-state index in [-0.39, 0.29) is 12.5 Å². The molecule has 2 atom stereocenters. The molecule has 0 amide bonds. The van der Waals surface area contributed by atoms with E-state index < -0.39 is 16.3 Å². The van der Waals surface area contributed by atoms with Crippen LogP contribution in [0.15, 0.2) is 30.3 Å². The summed E-state index contributed by atoms with van der Waals surface area (Å²) in [5.41, 5.74) is 0.949. The van der Waals surface area contributed by atoms with Crippen LogP contribution in [0.2, 0.25) is 0 Å². The summed E-state index contributed by atoms with van der Waals surface area (Å²) >= 11 is 0. The molecule has 0 spiro atoms. The summed E-state index contributed by atoms with van der Waals surface area (Å²) in [6.45, 7) is 2.94. The molecule has 5 nitrogen and oxygen atoms in total. The lowest BCUT2D eigenvalue weighted by Gasteiger charge is -2.35. The number of hydrogen-bond acceptors (Lipinski definition) is 3. The highest BCUT2D eigenvalue weighted by Crippen LogP contribution is 2.21. The van der Waals surface area contributed by atoms with E-state index in [1.807, 2.05) is 37.3 Å². The normalized spacial score (nSPS) is 25.0. The van der Waals surface area contributed by atoms with Crippen molar-refractivity contribution < 1.29 is 13.5 Å². The summed E-state index contributed by atoms with van der Waals surface area (Å²) in [6, 6.07) is 9.49. The Balaban J connectivity index is 2.06. The maximum atomic E-state index is 12.5. The van der Waals surface area contributed by atoms with E-state index in [1.165, 1.54) is 8.61 Å². The van der Waals surface area contributed by atoms with E-state index in [0.29, 0.717) is 19.5 Å². The molecule has 0 saturated carbocycles. The van der Waals surface area contributed by atoms with Gasteiger partial charge in [-0.3, -0.25) is 0 Å². The second-order valence-electron chi connectivity index (χ2n) is 5.44. The van der Waals surface area contributed by atoms with Gasteiger partial charge in [-0.1, -0.05) is 37.3 Å². The Labute approximate surface area is 121 Å². The monoisotopic (exact) mass is 298 g/mol. The molecule has 2 rings (SSSR count). The minimum atomic E-state index is -3.51. The summed E-state index contributed by atoms with van der Waals surface area (Å²) in [7, 11) is -1.93. The van der Waals surface area contributed by atoms with Gasteiger partial charge in [0.2, 0.25) is 0 Å². The summed E-state index contributed by atoms with van der Waals surface area (Å²) in [4.78, 5) is 0. The smallest absolute Gasteiger partial charge is 0.282 e. The molecule has 0 aromatic heterocycles. The molecule has 112 valence electrons. The van der Waals surface area contributed by atoms with Gasteiger partial charge in [0.1, 0.15) is 0 Å². The molecular weight excluding hydrogens is 276 g/mol. The summed E-state index contributed by atoms with van der Waals surface area (Å²) < 4.78 is 27.7. The Morgan fingerprint density at radius 3 is 2.60 bits per heavy atom. The minimum absolute atomic E-state index is 0.154. The molecule has 1 fully saturated rings. The highest BCUT2D eigenvalue weighted by molar-refractivity contribution is 7.86. The minimum Gasteiger partial charge on any atom is -0.391 e. The fourth-order valence-electron chi connectivity index (χ4n) is 2.35. The van der Waals surface area contributed by atoms with Gasteiger partial charge in [0.05, 0.1) is 6.10 Å². The average Bonchev–Trinajstić information content (AvgIpc) is 2.42. The first-order chi connectivity index (χ1) is 9.41. The van der Waals surface area contributed by atoms with Crippen LogP contribution < -0.4 is 0 Å². The predicted octanol–water partition coefficient (Wildman–Crippen LogP) is 1.07. The Morgan fingerprint density at radius 2 is 2.00 bits per heavy atom. The number of hydrogen-bond donors (Lipinski definition) is 1. The van der Waals surface area contributed by atoms with Crippen molar-refractivity contribution in [2.45, 2.75) is 26.0 Å². The quantitative estimate of drug-likeness (QED) is 0.904. The van der Waals surface area contributed by atoms with Gasteiger partial charge in [0, 0.05) is 26.7 Å². The van der Waals surface area contributed by atoms with Gasteiger partial charge in [-0.25, -0.2) is 0 Å². The van der Waals surface area contributed by atoms with Gasteiger partial charge in [-0.2, -0.15) is 17.0 Å². The molecule has 1 heterocycles. The average molecular weight is 298 g/mol. The van der Waals surface area contributed by atoms with Gasteiger partial charge >= 0.3 is 0 Å². The maximum absolute atomic E-state index is 12.5. The largest absolute Gasteiger partial charge is 0.391 e. The number of β-amino-alcohol motifs (C(OH)–C–C–N with tert-alkyl or cyclic N) is 1. The zero-order valence-electron chi connectivity index (χ0n) is 11.9. The van der Waals surface area contributed by atoms with E-state index in [4.69, 9.17) is 0 Å². The van der Waals surface area contributed by atoms with Gasteiger partial charge in [0.25, 0.3) is 10.2 Å². The Bertz CT molecular complexity index is 533. The van der Waals surface area contributed by atoms with E-state index in [2.05, 4.69) is 0 Å². The van der Waals surface area contributed by atoms with E-state index in [0.717, 1.165) is 5.56 Å². The van der Waals surface area contributed by atoms with Crippen LogP contribution in [0.1, 0.15) is 18.9 Å². The van der Waals surface area contributed by atoms with Gasteiger partial charge in [-0.15, -0.1) is 0 Å². The lowest BCUT2D eigenvalue weighted by molar-refractivity contribution is 0.0584. The number of benzene rings is 1. The van der Waals surface area contributed by atoms with Crippen LogP contribution in [0.5, 0.6) is 0 Å². The first-order valence-electron chi connectivity index (χ1n) is 6.84. The van der Waals surface area contributed by atoms with Crippen molar-refractivity contribution in [1.29, 1.82) is 0 Å². The molecule has 2 unspecified atom stereocenters. The van der Waals surface area contributed by atoms with Crippen LogP contribution in [0.3, 0.4) is 0 Å². The highest BCUT2D eigenvalue weighted by Gasteiger charge is 2.34. The van der Waals surface area contributed by atoms with Crippen molar-refractivity contribution >= 4 is 10.2 Å². The first-order valence-corrected chi connectivity index (χ1v) is 8.24. The molecule has 1 aromatic carbocycles. The predicted molar refractivity (Wildman–Crippen MR) is 78.2 cm³/mol. The lowest BCUT2D eigenvalue weighted by Crippen LogP contribution is -2.50. The summed E-state index contributed by atoms with van der Waals surface area (Å²) in [5.74, 6) is 0.154. The Kier molecular flexibility index (Phi) is 4.80. The number of nitrogens with zero attached hydrogens (tertiary/aromatic N) is 2. The fraction of sp³-hybridized carbons (Fsp3) is 0.571. The number of rotatable bonds is 4. The van der Waals surface area contributed by atoms with Crippen molar-refractivity contribution in [3.63, 3.8) is 0 Å². The second-order valence-corrected chi connectivity index (χ2v) is 7.48. The van der Waals surface area contributed by atoms with Crippen LogP contribution in [0.25, 0.3) is 0 Å². The third kappa shape index (κ3) is 3.38. The van der Waals surface area contributed by atoms with Crippen LogP contribution in [-0.4, -0.2) is 48.4 Å². The van der Waals surface area contributed by atoms with E-state index in [9.17, 15) is 13.5 Å². The molecular formula is C14H22N2O3S. The summed E-state index contributed by atoms with van der Waals surface area (Å²) in [6.07, 6.45) is 0.114. The van der Waals surface area contributed by atoms with Gasteiger partial charge in [-0.05, 0) is 17.9 Å². The van der Waals surface area contributed by atoms with Crippen LogP contribution >= 0.6 is 0 Å². The zero-order chi connectivity index (χ0) is 14.8. The number of piperidine rings is 1. The molecule has 0 radical (unpaired) electrons. The van der Waals surface area contributed by atoms with E-state index >= 15 is 0 Å². The molecule has 1 saturated heterocycles. The zero-order valence-corrected chi connectivity index (χ0v) is 12.8. The molecule has 1 N–H and O–H groups in total. The third-order valence-electron chi connectivity index (χ3n) is 3.85. The maximum Gasteiger partial charge on any atom is 0.282 e. The van der Waals surface area contributed by atoms with Crippen LogP contribution in [-0.2, 0) is 16.8 Å². The molecule has 0 aliphatic carbocycles. The fourth-order valence-corrected chi connectivity index (χ4v) is 3.73. The van der Waals surface area contributed by atoms with E-state index in [1.54, 1.807) is 7.05 Å². The first kappa shape index (κ1) is 15.4. The highest BCUT2D eigenvalue weighted by atomic mass is 32.2. The lowest BCUT2D eigenvalue weighted by atomic mass is 9.98.